The number of carbonyl (C=O) groups excluding carboxylic acids is 2. The number of hydrogen-bond donors (Lipinski definition) is 0. The number of aromatic nitrogens is 4. The number of nitrogens with zero attached hydrogens (tertiary/aromatic N) is 5. The van der Waals surface area contributed by atoms with Crippen LogP contribution in [0.1, 0.15) is 24.5 Å². The highest BCUT2D eigenvalue weighted by atomic mass is 19.1. The molecule has 1 aromatic carbocycles. The van der Waals surface area contributed by atoms with Gasteiger partial charge in [-0.1, -0.05) is 18.2 Å². The van der Waals surface area contributed by atoms with E-state index in [0.29, 0.717) is 31.6 Å². The van der Waals surface area contributed by atoms with Crippen LogP contribution in [0.2, 0.25) is 0 Å². The topological polar surface area (TPSA) is 90.2 Å². The lowest BCUT2D eigenvalue weighted by molar-refractivity contribution is -0.150. The molecule has 1 aromatic heterocycles. The molecule has 0 radical (unpaired) electrons. The summed E-state index contributed by atoms with van der Waals surface area (Å²) in [5.41, 5.74) is 2.08. The molecule has 0 N–H and O–H groups in total. The lowest BCUT2D eigenvalue weighted by atomic mass is 9.94. The van der Waals surface area contributed by atoms with Crippen LogP contribution in [0.5, 0.6) is 0 Å². The van der Waals surface area contributed by atoms with Crippen molar-refractivity contribution in [2.75, 3.05) is 19.7 Å². The number of rotatable bonds is 5. The summed E-state index contributed by atoms with van der Waals surface area (Å²) in [6, 6.07) is 4.87. The van der Waals surface area contributed by atoms with E-state index in [4.69, 9.17) is 4.74 Å². The van der Waals surface area contributed by atoms with Gasteiger partial charge in [-0.25, -0.2) is 4.39 Å². The van der Waals surface area contributed by atoms with Crippen LogP contribution in [0.25, 0.3) is 5.57 Å². The predicted molar refractivity (Wildman–Crippen MR) is 89.1 cm³/mol. The monoisotopic (exact) mass is 359 g/mol. The minimum absolute atomic E-state index is 0.268. The van der Waals surface area contributed by atoms with E-state index in [1.165, 1.54) is 24.1 Å². The van der Waals surface area contributed by atoms with E-state index in [1.807, 2.05) is 12.1 Å². The van der Waals surface area contributed by atoms with Crippen LogP contribution >= 0.6 is 0 Å². The van der Waals surface area contributed by atoms with Crippen molar-refractivity contribution in [3.05, 3.63) is 47.5 Å². The van der Waals surface area contributed by atoms with Gasteiger partial charge in [0, 0.05) is 25.6 Å². The van der Waals surface area contributed by atoms with Gasteiger partial charge in [-0.15, -0.1) is 10.2 Å². The number of ether oxygens (including phenoxy) is 1. The van der Waals surface area contributed by atoms with Crippen LogP contribution in [-0.4, -0.2) is 56.7 Å². The minimum atomic E-state index is -0.496. The van der Waals surface area contributed by atoms with Crippen molar-refractivity contribution in [2.24, 2.45) is 0 Å². The molecule has 3 rings (SSSR count). The van der Waals surface area contributed by atoms with Crippen LogP contribution in [-0.2, 0) is 20.9 Å². The number of tetrazole rings is 1. The molecule has 8 nitrogen and oxygen atoms in total. The fourth-order valence-corrected chi connectivity index (χ4v) is 2.85. The second-order valence-electron chi connectivity index (χ2n) is 5.84. The van der Waals surface area contributed by atoms with E-state index in [0.717, 1.165) is 11.1 Å². The Kier molecular flexibility index (Phi) is 5.35. The zero-order chi connectivity index (χ0) is 18.5. The van der Waals surface area contributed by atoms with Crippen molar-refractivity contribution in [2.45, 2.75) is 19.9 Å². The largest absolute Gasteiger partial charge is 0.456 e. The summed E-state index contributed by atoms with van der Waals surface area (Å²) in [5, 5.41) is 11.4. The lowest BCUT2D eigenvalue weighted by Crippen LogP contribution is -2.37. The third-order valence-corrected chi connectivity index (χ3v) is 4.08. The highest BCUT2D eigenvalue weighted by molar-refractivity contribution is 5.81. The summed E-state index contributed by atoms with van der Waals surface area (Å²) in [6.45, 7) is 2.05. The Balaban J connectivity index is 1.76. The summed E-state index contributed by atoms with van der Waals surface area (Å²) in [5.74, 6) is -1.09. The summed E-state index contributed by atoms with van der Waals surface area (Å²) < 4.78 is 19.2. The lowest BCUT2D eigenvalue weighted by Gasteiger charge is -2.27. The predicted octanol–water partition coefficient (Wildman–Crippen LogP) is 1.04. The number of halogens is 1. The van der Waals surface area contributed by atoms with Crippen LogP contribution < -0.4 is 0 Å². The molecule has 26 heavy (non-hydrogen) atoms. The van der Waals surface area contributed by atoms with E-state index in [9.17, 15) is 14.0 Å². The first-order valence-electron chi connectivity index (χ1n) is 8.13. The Labute approximate surface area is 149 Å². The third-order valence-electron chi connectivity index (χ3n) is 4.08. The van der Waals surface area contributed by atoms with Gasteiger partial charge >= 0.3 is 5.97 Å². The van der Waals surface area contributed by atoms with Gasteiger partial charge in [0.15, 0.2) is 12.9 Å². The zero-order valence-corrected chi connectivity index (χ0v) is 14.3. The fraction of sp³-hybridized carbons (Fsp3) is 0.353. The van der Waals surface area contributed by atoms with E-state index < -0.39 is 5.97 Å². The third kappa shape index (κ3) is 4.11. The molecule has 2 aromatic rings. The first-order valence-corrected chi connectivity index (χ1v) is 8.13. The van der Waals surface area contributed by atoms with Crippen LogP contribution in [0.15, 0.2) is 30.6 Å². The Bertz CT molecular complexity index is 835. The Morgan fingerprint density at radius 3 is 2.85 bits per heavy atom. The molecule has 9 heteroatoms. The minimum Gasteiger partial charge on any atom is -0.456 e. The van der Waals surface area contributed by atoms with Crippen molar-refractivity contribution in [1.82, 2.24) is 25.1 Å². The van der Waals surface area contributed by atoms with Gasteiger partial charge in [0.05, 0.1) is 6.54 Å². The smallest absolute Gasteiger partial charge is 0.303 e. The van der Waals surface area contributed by atoms with E-state index in [-0.39, 0.29) is 18.3 Å². The number of carbonyl (C=O) groups is 2. The van der Waals surface area contributed by atoms with Gasteiger partial charge in [0.1, 0.15) is 5.82 Å². The van der Waals surface area contributed by atoms with Crippen LogP contribution in [0.4, 0.5) is 4.39 Å². The van der Waals surface area contributed by atoms with Crippen molar-refractivity contribution in [1.29, 1.82) is 0 Å². The molecule has 1 amide bonds. The maximum atomic E-state index is 14.5. The second kappa shape index (κ2) is 7.85. The average Bonchev–Trinajstić information content (AvgIpc) is 3.13. The summed E-state index contributed by atoms with van der Waals surface area (Å²) in [6.07, 6.45) is 3.65. The SMILES string of the molecule is CC(=O)OCC(=O)N1CC=C(c2c(F)cccc2Cn2ncnn2)CC1. The molecule has 0 spiro atoms. The van der Waals surface area contributed by atoms with E-state index >= 15 is 0 Å². The van der Waals surface area contributed by atoms with Crippen LogP contribution in [0.3, 0.4) is 0 Å². The molecule has 0 fully saturated rings. The second-order valence-corrected chi connectivity index (χ2v) is 5.84. The van der Waals surface area contributed by atoms with Crippen molar-refractivity contribution >= 4 is 17.4 Å². The average molecular weight is 359 g/mol. The maximum Gasteiger partial charge on any atom is 0.303 e. The summed E-state index contributed by atoms with van der Waals surface area (Å²) in [7, 11) is 0. The number of hydrogen-bond acceptors (Lipinski definition) is 6. The molecular weight excluding hydrogens is 341 g/mol. The molecule has 2 heterocycles. The van der Waals surface area contributed by atoms with E-state index in [1.54, 1.807) is 11.0 Å². The Hall–Kier alpha value is -3.10. The Morgan fingerprint density at radius 2 is 2.19 bits per heavy atom. The van der Waals surface area contributed by atoms with Crippen molar-refractivity contribution in [3.63, 3.8) is 0 Å². The number of esters is 1. The molecule has 0 atom stereocenters. The zero-order valence-electron chi connectivity index (χ0n) is 14.3. The first-order chi connectivity index (χ1) is 12.5. The molecule has 0 unspecified atom stereocenters. The van der Waals surface area contributed by atoms with Gasteiger partial charge in [-0.05, 0) is 28.8 Å². The molecule has 0 saturated heterocycles. The highest BCUT2D eigenvalue weighted by Gasteiger charge is 2.22. The van der Waals surface area contributed by atoms with E-state index in [2.05, 4.69) is 15.4 Å². The summed E-state index contributed by atoms with van der Waals surface area (Å²) in [4.78, 5) is 25.8. The molecular formula is C17H18FN5O3. The molecule has 1 aliphatic heterocycles. The summed E-state index contributed by atoms with van der Waals surface area (Å²) >= 11 is 0. The fourth-order valence-electron chi connectivity index (χ4n) is 2.85. The van der Waals surface area contributed by atoms with Gasteiger partial charge in [0.2, 0.25) is 0 Å². The van der Waals surface area contributed by atoms with Gasteiger partial charge in [-0.3, -0.25) is 9.59 Å². The van der Waals surface area contributed by atoms with Gasteiger partial charge in [0.25, 0.3) is 5.91 Å². The van der Waals surface area contributed by atoms with Crippen molar-refractivity contribution in [3.8, 4) is 0 Å². The molecule has 0 saturated carbocycles. The van der Waals surface area contributed by atoms with Gasteiger partial charge in [-0.2, -0.15) is 4.80 Å². The maximum absolute atomic E-state index is 14.5. The molecule has 0 aliphatic carbocycles. The molecule has 0 bridgehead atoms. The van der Waals surface area contributed by atoms with Crippen molar-refractivity contribution < 1.29 is 18.7 Å². The highest BCUT2D eigenvalue weighted by Crippen LogP contribution is 2.28. The quantitative estimate of drug-likeness (QED) is 0.741. The molecule has 1 aliphatic rings. The van der Waals surface area contributed by atoms with Gasteiger partial charge < -0.3 is 9.64 Å². The standard InChI is InChI=1S/C17H18FN5O3/c1-12(24)26-10-16(25)22-7-5-13(6-8-22)17-14(3-2-4-15(17)18)9-23-20-11-19-21-23/h2-5,11H,6-10H2,1H3. The normalized spacial score (nSPS) is 14.1. The first kappa shape index (κ1) is 17.7. The van der Waals surface area contributed by atoms with Crippen LogP contribution in [0, 0.1) is 5.82 Å². The Morgan fingerprint density at radius 1 is 1.35 bits per heavy atom. The number of amides is 1. The number of benzene rings is 1. The molecule has 136 valence electrons.